The first-order chi connectivity index (χ1) is 8.90. The van der Waals surface area contributed by atoms with Crippen molar-refractivity contribution >= 4 is 15.5 Å². The summed E-state index contributed by atoms with van der Waals surface area (Å²) in [6, 6.07) is 8.79. The molecule has 0 spiro atoms. The van der Waals surface area contributed by atoms with Crippen LogP contribution in [0.3, 0.4) is 0 Å². The van der Waals surface area contributed by atoms with Crippen LogP contribution in [0, 0.1) is 11.6 Å². The van der Waals surface area contributed by atoms with E-state index in [2.05, 4.69) is 0 Å². The number of rotatable bonds is 3. The van der Waals surface area contributed by atoms with E-state index >= 15 is 0 Å². The fourth-order valence-corrected chi connectivity index (χ4v) is 3.08. The number of hydrogen-bond donors (Lipinski definition) is 1. The summed E-state index contributed by atoms with van der Waals surface area (Å²) < 4.78 is 50.8. The van der Waals surface area contributed by atoms with Gasteiger partial charge in [0.05, 0.1) is 11.4 Å². The second kappa shape index (κ2) is 4.97. The molecule has 2 aromatic rings. The van der Waals surface area contributed by atoms with Gasteiger partial charge < -0.3 is 5.73 Å². The number of benzene rings is 2. The molecule has 0 radical (unpaired) electrons. The molecular formula is C13H11F2NO2S. The van der Waals surface area contributed by atoms with Gasteiger partial charge in [0, 0.05) is 0 Å². The summed E-state index contributed by atoms with van der Waals surface area (Å²) in [5.74, 6) is -2.00. The first-order valence-electron chi connectivity index (χ1n) is 5.41. The van der Waals surface area contributed by atoms with Crippen LogP contribution < -0.4 is 5.73 Å². The van der Waals surface area contributed by atoms with Crippen molar-refractivity contribution in [3.05, 3.63) is 59.7 Å². The van der Waals surface area contributed by atoms with E-state index in [0.29, 0.717) is 0 Å². The van der Waals surface area contributed by atoms with Gasteiger partial charge in [-0.05, 0) is 29.8 Å². The highest BCUT2D eigenvalue weighted by Crippen LogP contribution is 2.21. The molecule has 0 heterocycles. The minimum Gasteiger partial charge on any atom is -0.396 e. The van der Waals surface area contributed by atoms with Crippen molar-refractivity contribution in [3.63, 3.8) is 0 Å². The van der Waals surface area contributed by atoms with Crippen LogP contribution in [0.25, 0.3) is 0 Å². The predicted molar refractivity (Wildman–Crippen MR) is 68.1 cm³/mol. The monoisotopic (exact) mass is 283 g/mol. The molecule has 0 aromatic heterocycles. The summed E-state index contributed by atoms with van der Waals surface area (Å²) in [4.78, 5) is -0.396. The van der Waals surface area contributed by atoms with Gasteiger partial charge in [0.15, 0.2) is 9.84 Å². The molecule has 19 heavy (non-hydrogen) atoms. The molecule has 6 heteroatoms. The lowest BCUT2D eigenvalue weighted by molar-refractivity contribution is 0.566. The number of nitrogen functional groups attached to an aromatic ring is 1. The molecule has 0 bridgehead atoms. The fraction of sp³-hybridized carbons (Fsp3) is 0.0769. The van der Waals surface area contributed by atoms with Gasteiger partial charge in [-0.2, -0.15) is 0 Å². The highest BCUT2D eigenvalue weighted by molar-refractivity contribution is 7.90. The molecule has 0 aliphatic rings. The molecular weight excluding hydrogens is 272 g/mol. The Kier molecular flexibility index (Phi) is 3.53. The van der Waals surface area contributed by atoms with Gasteiger partial charge in [-0.25, -0.2) is 17.2 Å². The molecule has 2 N–H and O–H groups in total. The Labute approximate surface area is 109 Å². The molecule has 0 aliphatic carbocycles. The normalized spacial score (nSPS) is 11.5. The van der Waals surface area contributed by atoms with Gasteiger partial charge in [-0.1, -0.05) is 18.2 Å². The zero-order valence-electron chi connectivity index (χ0n) is 9.81. The zero-order valence-corrected chi connectivity index (χ0v) is 10.6. The summed E-state index contributed by atoms with van der Waals surface area (Å²) >= 11 is 0. The van der Waals surface area contributed by atoms with Crippen molar-refractivity contribution in [1.29, 1.82) is 0 Å². The van der Waals surface area contributed by atoms with Crippen LogP contribution in [0.2, 0.25) is 0 Å². The molecule has 0 atom stereocenters. The lowest BCUT2D eigenvalue weighted by Gasteiger charge is -2.06. The Morgan fingerprint density at radius 2 is 1.68 bits per heavy atom. The van der Waals surface area contributed by atoms with Gasteiger partial charge in [-0.3, -0.25) is 0 Å². The average molecular weight is 283 g/mol. The number of sulfone groups is 1. The van der Waals surface area contributed by atoms with E-state index < -0.39 is 32.1 Å². The summed E-state index contributed by atoms with van der Waals surface area (Å²) in [6.45, 7) is 0. The molecule has 0 saturated carbocycles. The molecule has 0 amide bonds. The Morgan fingerprint density at radius 3 is 2.32 bits per heavy atom. The molecule has 2 rings (SSSR count). The smallest absolute Gasteiger partial charge is 0.185 e. The van der Waals surface area contributed by atoms with Gasteiger partial charge in [0.25, 0.3) is 0 Å². The first kappa shape index (κ1) is 13.5. The molecule has 0 fully saturated rings. The molecule has 100 valence electrons. The average Bonchev–Trinajstić information content (AvgIpc) is 2.34. The van der Waals surface area contributed by atoms with Crippen molar-refractivity contribution in [2.75, 3.05) is 5.73 Å². The maximum atomic E-state index is 13.5. The van der Waals surface area contributed by atoms with E-state index in [4.69, 9.17) is 5.73 Å². The first-order valence-corrected chi connectivity index (χ1v) is 7.06. The maximum Gasteiger partial charge on any atom is 0.185 e. The largest absolute Gasteiger partial charge is 0.396 e. The highest BCUT2D eigenvalue weighted by atomic mass is 32.2. The minimum atomic E-state index is -3.86. The van der Waals surface area contributed by atoms with Crippen LogP contribution in [0.4, 0.5) is 14.5 Å². The predicted octanol–water partition coefficient (Wildman–Crippen LogP) is 2.52. The third-order valence-corrected chi connectivity index (χ3v) is 4.31. The maximum absolute atomic E-state index is 13.5. The van der Waals surface area contributed by atoms with E-state index in [-0.39, 0.29) is 11.3 Å². The Hall–Kier alpha value is -1.95. The summed E-state index contributed by atoms with van der Waals surface area (Å²) in [5, 5.41) is 0. The van der Waals surface area contributed by atoms with Crippen LogP contribution in [0.15, 0.2) is 47.4 Å². The standard InChI is InChI=1S/C13H11F2NO2S/c14-10-3-1-2-4-13(10)19(17,18)8-9-5-6-12(16)11(15)7-9/h1-7H,8,16H2. The number of halogens is 2. The van der Waals surface area contributed by atoms with E-state index in [0.717, 1.165) is 12.1 Å². The van der Waals surface area contributed by atoms with Gasteiger partial charge in [0.2, 0.25) is 0 Å². The second-order valence-electron chi connectivity index (χ2n) is 4.05. The van der Waals surface area contributed by atoms with E-state index in [1.54, 1.807) is 0 Å². The molecule has 3 nitrogen and oxygen atoms in total. The van der Waals surface area contributed by atoms with Crippen LogP contribution in [-0.2, 0) is 15.6 Å². The highest BCUT2D eigenvalue weighted by Gasteiger charge is 2.19. The number of anilines is 1. The van der Waals surface area contributed by atoms with Gasteiger partial charge >= 0.3 is 0 Å². The topological polar surface area (TPSA) is 60.2 Å². The fourth-order valence-electron chi connectivity index (χ4n) is 1.65. The van der Waals surface area contributed by atoms with Crippen molar-refractivity contribution in [1.82, 2.24) is 0 Å². The van der Waals surface area contributed by atoms with Crippen molar-refractivity contribution in [3.8, 4) is 0 Å². The lowest BCUT2D eigenvalue weighted by atomic mass is 10.2. The number of nitrogens with two attached hydrogens (primary N) is 1. The van der Waals surface area contributed by atoms with Crippen molar-refractivity contribution in [2.45, 2.75) is 10.6 Å². The van der Waals surface area contributed by atoms with E-state index in [1.165, 1.54) is 30.3 Å². The third kappa shape index (κ3) is 2.90. The molecule has 2 aromatic carbocycles. The van der Waals surface area contributed by atoms with Gasteiger partial charge in [-0.15, -0.1) is 0 Å². The lowest BCUT2D eigenvalue weighted by Crippen LogP contribution is -2.07. The Morgan fingerprint density at radius 1 is 1.00 bits per heavy atom. The molecule has 0 unspecified atom stereocenters. The van der Waals surface area contributed by atoms with Crippen LogP contribution >= 0.6 is 0 Å². The zero-order chi connectivity index (χ0) is 14.0. The summed E-state index contributed by atoms with van der Waals surface area (Å²) in [5.41, 5.74) is 5.46. The summed E-state index contributed by atoms with van der Waals surface area (Å²) in [7, 11) is -3.86. The molecule has 0 saturated heterocycles. The SMILES string of the molecule is Nc1ccc(CS(=O)(=O)c2ccccc2F)cc1F. The Bertz CT molecular complexity index is 714. The van der Waals surface area contributed by atoms with Crippen molar-refractivity contribution in [2.24, 2.45) is 0 Å². The Balaban J connectivity index is 2.37. The van der Waals surface area contributed by atoms with E-state index in [1.807, 2.05) is 0 Å². The minimum absolute atomic E-state index is 0.0629. The van der Waals surface area contributed by atoms with Gasteiger partial charge in [0.1, 0.15) is 16.5 Å². The van der Waals surface area contributed by atoms with Crippen LogP contribution in [0.5, 0.6) is 0 Å². The van der Waals surface area contributed by atoms with Crippen molar-refractivity contribution < 1.29 is 17.2 Å². The second-order valence-corrected chi connectivity index (χ2v) is 6.00. The van der Waals surface area contributed by atoms with E-state index in [9.17, 15) is 17.2 Å². The quantitative estimate of drug-likeness (QED) is 0.880. The molecule has 0 aliphatic heterocycles. The van der Waals surface area contributed by atoms with Crippen LogP contribution in [-0.4, -0.2) is 8.42 Å². The number of hydrogen-bond acceptors (Lipinski definition) is 3. The van der Waals surface area contributed by atoms with Crippen LogP contribution in [0.1, 0.15) is 5.56 Å². The third-order valence-electron chi connectivity index (χ3n) is 2.59. The summed E-state index contributed by atoms with van der Waals surface area (Å²) in [6.07, 6.45) is 0.